The molecule has 2 heteroatoms. The number of benzene rings is 3. The first-order chi connectivity index (χ1) is 13.2. The summed E-state index contributed by atoms with van der Waals surface area (Å²) in [5.74, 6) is 0.225. The second-order valence-corrected chi connectivity index (χ2v) is 7.11. The van der Waals surface area contributed by atoms with Crippen molar-refractivity contribution in [3.63, 3.8) is 0 Å². The van der Waals surface area contributed by atoms with E-state index in [-0.39, 0.29) is 5.78 Å². The third-order valence-electron chi connectivity index (χ3n) is 5.37. The second-order valence-electron chi connectivity index (χ2n) is 7.11. The molecule has 3 aromatic rings. The molecule has 0 atom stereocenters. The van der Waals surface area contributed by atoms with E-state index >= 15 is 0 Å². The maximum Gasteiger partial charge on any atom is 0.163 e. The van der Waals surface area contributed by atoms with E-state index < -0.39 is 0 Å². The molecule has 0 saturated carbocycles. The lowest BCUT2D eigenvalue weighted by atomic mass is 9.88. The summed E-state index contributed by atoms with van der Waals surface area (Å²) in [5, 5.41) is 9.15. The van der Waals surface area contributed by atoms with E-state index in [4.69, 9.17) is 5.26 Å². The van der Waals surface area contributed by atoms with Crippen LogP contribution in [-0.2, 0) is 19.3 Å². The van der Waals surface area contributed by atoms with Gasteiger partial charge in [-0.2, -0.15) is 5.26 Å². The minimum absolute atomic E-state index is 0.225. The van der Waals surface area contributed by atoms with Gasteiger partial charge in [-0.1, -0.05) is 48.5 Å². The van der Waals surface area contributed by atoms with Gasteiger partial charge in [-0.15, -0.1) is 0 Å². The highest BCUT2D eigenvalue weighted by Gasteiger charge is 2.16. The molecule has 0 fully saturated rings. The standard InChI is InChI=1S/C25H21NO/c26-17-18-5-3-9-22(15-18)23-14-13-21-12-11-20-7-2-1-6-19(20)8-4-10-25(27)24(21)16-23/h1-3,5-7,9,13-16H,4,8,10-12H2. The molecule has 0 spiro atoms. The van der Waals surface area contributed by atoms with Crippen LogP contribution in [0, 0.1) is 11.3 Å². The number of rotatable bonds is 1. The monoisotopic (exact) mass is 351 g/mol. The number of carbonyl (C=O) groups excluding carboxylic acids is 1. The molecule has 1 aliphatic carbocycles. The Balaban J connectivity index is 1.72. The van der Waals surface area contributed by atoms with Crippen molar-refractivity contribution in [2.45, 2.75) is 32.1 Å². The molecule has 0 saturated heterocycles. The van der Waals surface area contributed by atoms with Crippen LogP contribution in [-0.4, -0.2) is 5.78 Å². The van der Waals surface area contributed by atoms with Crippen LogP contribution in [0.2, 0.25) is 0 Å². The molecule has 3 aromatic carbocycles. The van der Waals surface area contributed by atoms with E-state index in [1.165, 1.54) is 11.1 Å². The maximum absolute atomic E-state index is 12.9. The van der Waals surface area contributed by atoms with E-state index in [1.54, 1.807) is 6.07 Å². The minimum Gasteiger partial charge on any atom is -0.294 e. The highest BCUT2D eigenvalue weighted by atomic mass is 16.1. The van der Waals surface area contributed by atoms with Gasteiger partial charge in [0.2, 0.25) is 0 Å². The van der Waals surface area contributed by atoms with Crippen LogP contribution in [0.1, 0.15) is 45.5 Å². The smallest absolute Gasteiger partial charge is 0.163 e. The predicted molar refractivity (Wildman–Crippen MR) is 108 cm³/mol. The second kappa shape index (κ2) is 7.60. The lowest BCUT2D eigenvalue weighted by Crippen LogP contribution is -2.09. The fourth-order valence-corrected chi connectivity index (χ4v) is 3.89. The average molecular weight is 351 g/mol. The van der Waals surface area contributed by atoms with E-state index in [0.29, 0.717) is 12.0 Å². The Morgan fingerprint density at radius 3 is 2.26 bits per heavy atom. The van der Waals surface area contributed by atoms with E-state index in [2.05, 4.69) is 42.5 Å². The van der Waals surface area contributed by atoms with E-state index in [1.807, 2.05) is 24.3 Å². The molecule has 132 valence electrons. The topological polar surface area (TPSA) is 40.9 Å². The normalized spacial score (nSPS) is 14.0. The Kier molecular flexibility index (Phi) is 4.85. The lowest BCUT2D eigenvalue weighted by Gasteiger charge is -2.16. The van der Waals surface area contributed by atoms with Gasteiger partial charge in [0, 0.05) is 12.0 Å². The molecule has 0 radical (unpaired) electrons. The fraction of sp³-hybridized carbons (Fsp3) is 0.200. The number of fused-ring (bicyclic) bond motifs is 2. The van der Waals surface area contributed by atoms with Crippen molar-refractivity contribution in [2.24, 2.45) is 0 Å². The number of aryl methyl sites for hydroxylation is 3. The van der Waals surface area contributed by atoms with Crippen molar-refractivity contribution in [3.05, 3.63) is 94.5 Å². The molecule has 0 aliphatic heterocycles. The summed E-state index contributed by atoms with van der Waals surface area (Å²) in [4.78, 5) is 12.9. The molecule has 27 heavy (non-hydrogen) atoms. The first-order valence-corrected chi connectivity index (χ1v) is 9.48. The number of nitrogens with zero attached hydrogens (tertiary/aromatic N) is 1. The first kappa shape index (κ1) is 17.2. The summed E-state index contributed by atoms with van der Waals surface area (Å²) in [5.41, 5.74) is 7.34. The molecule has 0 aromatic heterocycles. The van der Waals surface area contributed by atoms with E-state index in [0.717, 1.165) is 47.9 Å². The Morgan fingerprint density at radius 1 is 0.704 bits per heavy atom. The van der Waals surface area contributed by atoms with Gasteiger partial charge in [-0.25, -0.2) is 0 Å². The van der Waals surface area contributed by atoms with E-state index in [9.17, 15) is 4.79 Å². The van der Waals surface area contributed by atoms with Crippen molar-refractivity contribution >= 4 is 5.78 Å². The van der Waals surface area contributed by atoms with Gasteiger partial charge in [-0.3, -0.25) is 4.79 Å². The molecular weight excluding hydrogens is 330 g/mol. The van der Waals surface area contributed by atoms with Crippen molar-refractivity contribution in [1.29, 1.82) is 5.26 Å². The summed E-state index contributed by atoms with van der Waals surface area (Å²) < 4.78 is 0. The number of nitriles is 1. The van der Waals surface area contributed by atoms with Crippen molar-refractivity contribution in [1.82, 2.24) is 0 Å². The molecule has 0 heterocycles. The Labute approximate surface area is 160 Å². The number of hydrogen-bond donors (Lipinski definition) is 0. The molecule has 4 rings (SSSR count). The Bertz CT molecular complexity index is 1040. The summed E-state index contributed by atoms with van der Waals surface area (Å²) in [6.45, 7) is 0. The highest BCUT2D eigenvalue weighted by molar-refractivity contribution is 5.98. The third kappa shape index (κ3) is 3.68. The van der Waals surface area contributed by atoms with Gasteiger partial charge in [0.05, 0.1) is 11.6 Å². The van der Waals surface area contributed by atoms with Crippen LogP contribution in [0.3, 0.4) is 0 Å². The Hall–Kier alpha value is -3.18. The zero-order chi connectivity index (χ0) is 18.6. The van der Waals surface area contributed by atoms with Gasteiger partial charge in [0.25, 0.3) is 0 Å². The van der Waals surface area contributed by atoms with Gasteiger partial charge >= 0.3 is 0 Å². The minimum atomic E-state index is 0.225. The zero-order valence-electron chi connectivity index (χ0n) is 15.2. The number of hydrogen-bond acceptors (Lipinski definition) is 2. The van der Waals surface area contributed by atoms with Gasteiger partial charge < -0.3 is 0 Å². The first-order valence-electron chi connectivity index (χ1n) is 9.48. The lowest BCUT2D eigenvalue weighted by molar-refractivity contribution is 0.0979. The number of carbonyl (C=O) groups is 1. The van der Waals surface area contributed by atoms with Crippen LogP contribution in [0.25, 0.3) is 11.1 Å². The maximum atomic E-state index is 12.9. The van der Waals surface area contributed by atoms with Gasteiger partial charge in [0.1, 0.15) is 0 Å². The number of ketones is 1. The Morgan fingerprint density at radius 2 is 1.44 bits per heavy atom. The largest absolute Gasteiger partial charge is 0.294 e. The summed E-state index contributed by atoms with van der Waals surface area (Å²) in [6.07, 6.45) is 4.24. The molecule has 1 aliphatic rings. The molecule has 0 unspecified atom stereocenters. The van der Waals surface area contributed by atoms with Crippen molar-refractivity contribution in [3.8, 4) is 17.2 Å². The van der Waals surface area contributed by atoms with Crippen molar-refractivity contribution < 1.29 is 4.79 Å². The van der Waals surface area contributed by atoms with Gasteiger partial charge in [-0.05, 0) is 71.7 Å². The summed E-state index contributed by atoms with van der Waals surface area (Å²) in [7, 11) is 0. The average Bonchev–Trinajstić information content (AvgIpc) is 2.72. The molecule has 2 nitrogen and oxygen atoms in total. The highest BCUT2D eigenvalue weighted by Crippen LogP contribution is 2.27. The third-order valence-corrected chi connectivity index (χ3v) is 5.37. The molecule has 0 amide bonds. The van der Waals surface area contributed by atoms with Crippen LogP contribution in [0.15, 0.2) is 66.7 Å². The van der Waals surface area contributed by atoms with Gasteiger partial charge in [0.15, 0.2) is 5.78 Å². The van der Waals surface area contributed by atoms with Crippen LogP contribution < -0.4 is 0 Å². The summed E-state index contributed by atoms with van der Waals surface area (Å²) in [6, 6.07) is 24.5. The quantitative estimate of drug-likeness (QED) is 0.578. The molecule has 0 bridgehead atoms. The van der Waals surface area contributed by atoms with Crippen LogP contribution in [0.4, 0.5) is 0 Å². The predicted octanol–water partition coefficient (Wildman–Crippen LogP) is 5.53. The molecule has 0 N–H and O–H groups in total. The number of Topliss-reactive ketones (excluding diaryl/α,β-unsaturated/α-hetero) is 1. The van der Waals surface area contributed by atoms with Crippen LogP contribution >= 0.6 is 0 Å². The fourth-order valence-electron chi connectivity index (χ4n) is 3.89. The van der Waals surface area contributed by atoms with Crippen LogP contribution in [0.5, 0.6) is 0 Å². The summed E-state index contributed by atoms with van der Waals surface area (Å²) >= 11 is 0. The zero-order valence-corrected chi connectivity index (χ0v) is 15.2. The van der Waals surface area contributed by atoms with Crippen molar-refractivity contribution in [2.75, 3.05) is 0 Å². The SMILES string of the molecule is N#Cc1cccc(-c2ccc3c(c2)C(=O)CCCc2ccccc2CC3)c1. The molecular formula is C25H21NO.